The molecule has 104 valence electrons. The number of para-hydroxylation sites is 1. The van der Waals surface area contributed by atoms with Crippen LogP contribution in [0.4, 0.5) is 0 Å². The quantitative estimate of drug-likeness (QED) is 0.888. The minimum Gasteiger partial charge on any atom is -0.486 e. The zero-order valence-corrected chi connectivity index (χ0v) is 12.0. The van der Waals surface area contributed by atoms with E-state index in [1.165, 1.54) is 12.0 Å². The van der Waals surface area contributed by atoms with Gasteiger partial charge in [0.25, 0.3) is 0 Å². The van der Waals surface area contributed by atoms with Crippen molar-refractivity contribution in [3.63, 3.8) is 0 Å². The van der Waals surface area contributed by atoms with Gasteiger partial charge in [-0.05, 0) is 37.3 Å². The molecule has 1 fully saturated rings. The van der Waals surface area contributed by atoms with Gasteiger partial charge in [-0.1, -0.05) is 26.0 Å². The van der Waals surface area contributed by atoms with Gasteiger partial charge >= 0.3 is 0 Å². The van der Waals surface area contributed by atoms with Crippen LogP contribution in [0.5, 0.6) is 11.5 Å². The van der Waals surface area contributed by atoms with Gasteiger partial charge in [0.05, 0.1) is 0 Å². The number of hydrogen-bond acceptors (Lipinski definition) is 3. The van der Waals surface area contributed by atoms with E-state index in [4.69, 9.17) is 9.47 Å². The van der Waals surface area contributed by atoms with E-state index in [9.17, 15) is 0 Å². The van der Waals surface area contributed by atoms with Crippen molar-refractivity contribution in [3.8, 4) is 11.5 Å². The van der Waals surface area contributed by atoms with Gasteiger partial charge in [-0.25, -0.2) is 0 Å². The summed E-state index contributed by atoms with van der Waals surface area (Å²) in [7, 11) is 0. The Balaban J connectivity index is 1.96. The van der Waals surface area contributed by atoms with Crippen LogP contribution in [0, 0.1) is 5.92 Å². The van der Waals surface area contributed by atoms with Crippen molar-refractivity contribution in [2.75, 3.05) is 19.8 Å². The molecule has 19 heavy (non-hydrogen) atoms. The van der Waals surface area contributed by atoms with Gasteiger partial charge in [-0.15, -0.1) is 0 Å². The second-order valence-corrected chi connectivity index (χ2v) is 6.29. The van der Waals surface area contributed by atoms with E-state index < -0.39 is 0 Å². The fraction of sp³-hybridized carbons (Fsp3) is 0.625. The second kappa shape index (κ2) is 4.71. The zero-order valence-electron chi connectivity index (χ0n) is 12.0. The molecular formula is C16H23NO2. The van der Waals surface area contributed by atoms with E-state index in [1.54, 1.807) is 0 Å². The Labute approximate surface area is 115 Å². The highest BCUT2D eigenvalue weighted by molar-refractivity contribution is 5.50. The highest BCUT2D eigenvalue weighted by atomic mass is 16.6. The SMILES string of the molecule is CC1CC(C(C)(C)c2cccc3c2OCCO3)CN1. The lowest BCUT2D eigenvalue weighted by Crippen LogP contribution is -2.32. The van der Waals surface area contributed by atoms with E-state index in [0.29, 0.717) is 25.2 Å². The molecule has 2 heterocycles. The Morgan fingerprint density at radius 1 is 1.21 bits per heavy atom. The third-order valence-corrected chi connectivity index (χ3v) is 4.63. The van der Waals surface area contributed by atoms with Gasteiger partial charge in [0.15, 0.2) is 11.5 Å². The first-order valence-corrected chi connectivity index (χ1v) is 7.21. The molecule has 2 atom stereocenters. The van der Waals surface area contributed by atoms with Crippen LogP contribution in [0.15, 0.2) is 18.2 Å². The maximum Gasteiger partial charge on any atom is 0.165 e. The molecule has 0 saturated carbocycles. The Hall–Kier alpha value is -1.22. The average Bonchev–Trinajstić information content (AvgIpc) is 2.85. The van der Waals surface area contributed by atoms with Crippen LogP contribution >= 0.6 is 0 Å². The molecule has 3 rings (SSSR count). The van der Waals surface area contributed by atoms with Gasteiger partial charge < -0.3 is 14.8 Å². The standard InChI is InChI=1S/C16H23NO2/c1-11-9-12(10-17-11)16(2,3)13-5-4-6-14-15(13)19-8-7-18-14/h4-6,11-12,17H,7-10H2,1-3H3. The van der Waals surface area contributed by atoms with Crippen LogP contribution in [0.25, 0.3) is 0 Å². The summed E-state index contributed by atoms with van der Waals surface area (Å²) in [5.41, 5.74) is 1.38. The van der Waals surface area contributed by atoms with Crippen LogP contribution < -0.4 is 14.8 Å². The molecule has 0 aromatic heterocycles. The molecule has 1 saturated heterocycles. The molecule has 0 spiro atoms. The number of hydrogen-bond donors (Lipinski definition) is 1. The minimum absolute atomic E-state index is 0.101. The van der Waals surface area contributed by atoms with Crippen LogP contribution in [-0.4, -0.2) is 25.8 Å². The molecule has 0 bridgehead atoms. The summed E-state index contributed by atoms with van der Waals surface area (Å²) in [5, 5.41) is 3.55. The molecule has 0 radical (unpaired) electrons. The zero-order chi connectivity index (χ0) is 13.5. The first kappa shape index (κ1) is 12.8. The smallest absolute Gasteiger partial charge is 0.165 e. The molecule has 2 aliphatic rings. The van der Waals surface area contributed by atoms with Crippen LogP contribution in [0.3, 0.4) is 0 Å². The summed E-state index contributed by atoms with van der Waals surface area (Å²) in [6.45, 7) is 9.29. The van der Waals surface area contributed by atoms with Gasteiger partial charge in [0.2, 0.25) is 0 Å². The van der Waals surface area contributed by atoms with Crippen LogP contribution in [0.2, 0.25) is 0 Å². The molecule has 2 unspecified atom stereocenters. The molecule has 1 aromatic carbocycles. The number of benzene rings is 1. The number of ether oxygens (including phenoxy) is 2. The second-order valence-electron chi connectivity index (χ2n) is 6.29. The average molecular weight is 261 g/mol. The lowest BCUT2D eigenvalue weighted by molar-refractivity contribution is 0.165. The minimum atomic E-state index is 0.101. The first-order chi connectivity index (χ1) is 9.09. The maximum atomic E-state index is 5.88. The number of nitrogens with one attached hydrogen (secondary N) is 1. The Morgan fingerprint density at radius 3 is 2.74 bits per heavy atom. The summed E-state index contributed by atoms with van der Waals surface area (Å²) >= 11 is 0. The van der Waals surface area contributed by atoms with E-state index in [2.05, 4.69) is 38.2 Å². The van der Waals surface area contributed by atoms with Crippen molar-refractivity contribution in [2.24, 2.45) is 5.92 Å². The Morgan fingerprint density at radius 2 is 2.00 bits per heavy atom. The molecule has 1 aromatic rings. The highest BCUT2D eigenvalue weighted by Gasteiger charge is 2.38. The van der Waals surface area contributed by atoms with E-state index in [0.717, 1.165) is 18.0 Å². The first-order valence-electron chi connectivity index (χ1n) is 7.21. The largest absolute Gasteiger partial charge is 0.486 e. The fourth-order valence-electron chi connectivity index (χ4n) is 3.29. The summed E-state index contributed by atoms with van der Waals surface area (Å²) in [5.74, 6) is 2.49. The lowest BCUT2D eigenvalue weighted by atomic mass is 9.72. The van der Waals surface area contributed by atoms with Gasteiger partial charge in [-0.2, -0.15) is 0 Å². The third kappa shape index (κ3) is 2.20. The Kier molecular flexibility index (Phi) is 3.17. The van der Waals surface area contributed by atoms with Crippen molar-refractivity contribution in [1.82, 2.24) is 5.32 Å². The van der Waals surface area contributed by atoms with Crippen molar-refractivity contribution in [3.05, 3.63) is 23.8 Å². The summed E-state index contributed by atoms with van der Waals surface area (Å²) in [6, 6.07) is 6.89. The predicted octanol–water partition coefficient (Wildman–Crippen LogP) is 2.73. The van der Waals surface area contributed by atoms with Gasteiger partial charge in [-0.3, -0.25) is 0 Å². The van der Waals surface area contributed by atoms with E-state index in [-0.39, 0.29) is 5.41 Å². The van der Waals surface area contributed by atoms with Crippen LogP contribution in [0.1, 0.15) is 32.8 Å². The summed E-state index contributed by atoms with van der Waals surface area (Å²) < 4.78 is 11.6. The molecule has 1 N–H and O–H groups in total. The number of fused-ring (bicyclic) bond motifs is 1. The van der Waals surface area contributed by atoms with Crippen molar-refractivity contribution in [1.29, 1.82) is 0 Å². The van der Waals surface area contributed by atoms with E-state index >= 15 is 0 Å². The topological polar surface area (TPSA) is 30.5 Å². The predicted molar refractivity (Wildman–Crippen MR) is 76.0 cm³/mol. The van der Waals surface area contributed by atoms with Gasteiger partial charge in [0, 0.05) is 11.6 Å². The molecular weight excluding hydrogens is 238 g/mol. The molecule has 0 amide bonds. The van der Waals surface area contributed by atoms with Crippen molar-refractivity contribution < 1.29 is 9.47 Å². The third-order valence-electron chi connectivity index (χ3n) is 4.63. The molecule has 2 aliphatic heterocycles. The summed E-state index contributed by atoms with van der Waals surface area (Å²) in [6.07, 6.45) is 1.22. The normalized spacial score (nSPS) is 26.5. The van der Waals surface area contributed by atoms with Crippen LogP contribution in [-0.2, 0) is 5.41 Å². The molecule has 3 heteroatoms. The lowest BCUT2D eigenvalue weighted by Gasteiger charge is -2.35. The molecule has 3 nitrogen and oxygen atoms in total. The highest BCUT2D eigenvalue weighted by Crippen LogP contribution is 2.45. The van der Waals surface area contributed by atoms with E-state index in [1.807, 2.05) is 6.07 Å². The number of rotatable bonds is 2. The van der Waals surface area contributed by atoms with Crippen molar-refractivity contribution >= 4 is 0 Å². The monoisotopic (exact) mass is 261 g/mol. The van der Waals surface area contributed by atoms with Crippen molar-refractivity contribution in [2.45, 2.75) is 38.6 Å². The summed E-state index contributed by atoms with van der Waals surface area (Å²) in [4.78, 5) is 0. The van der Waals surface area contributed by atoms with Gasteiger partial charge in [0.1, 0.15) is 13.2 Å². The maximum absolute atomic E-state index is 5.88. The fourth-order valence-corrected chi connectivity index (χ4v) is 3.29. The Bertz CT molecular complexity index is 470. The molecule has 0 aliphatic carbocycles.